The first-order valence-electron chi connectivity index (χ1n) is 6.08. The molecule has 0 aromatic heterocycles. The van der Waals surface area contributed by atoms with Crippen LogP contribution in [-0.2, 0) is 17.7 Å². The third-order valence-corrected chi connectivity index (χ3v) is 3.11. The molecule has 2 aromatic rings. The molecule has 4 N–H and O–H groups in total. The van der Waals surface area contributed by atoms with Crippen LogP contribution in [-0.4, -0.2) is 15.4 Å². The number of benzene rings is 2. The highest BCUT2D eigenvalue weighted by Crippen LogP contribution is 2.16. The largest absolute Gasteiger partial charge is 0.493 e. The summed E-state index contributed by atoms with van der Waals surface area (Å²) in [4.78, 5) is 0. The van der Waals surface area contributed by atoms with E-state index in [2.05, 4.69) is 4.72 Å². The van der Waals surface area contributed by atoms with Crippen LogP contribution in [0.4, 0.5) is 11.4 Å². The van der Waals surface area contributed by atoms with Crippen LogP contribution in [0.25, 0.3) is 0 Å². The van der Waals surface area contributed by atoms with E-state index in [9.17, 15) is 4.21 Å². The van der Waals surface area contributed by atoms with Crippen LogP contribution in [0.2, 0.25) is 0 Å². The van der Waals surface area contributed by atoms with Gasteiger partial charge in [0, 0.05) is 17.8 Å². The van der Waals surface area contributed by atoms with E-state index in [4.69, 9.17) is 15.0 Å². The normalized spacial score (nSPS) is 11.8. The molecule has 1 atom stereocenters. The van der Waals surface area contributed by atoms with Gasteiger partial charge < -0.3 is 10.5 Å². The van der Waals surface area contributed by atoms with E-state index in [1.807, 2.05) is 24.3 Å². The Labute approximate surface area is 120 Å². The smallest absolute Gasteiger partial charge is 0.259 e. The van der Waals surface area contributed by atoms with Crippen LogP contribution >= 0.6 is 0 Å². The summed E-state index contributed by atoms with van der Waals surface area (Å²) in [6.07, 6.45) is 0.793. The van der Waals surface area contributed by atoms with E-state index >= 15 is 0 Å². The predicted octanol–water partition coefficient (Wildman–Crippen LogP) is 2.44. The molecule has 106 valence electrons. The van der Waals surface area contributed by atoms with Crippen molar-refractivity contribution in [3.8, 4) is 5.75 Å². The third-order valence-electron chi connectivity index (χ3n) is 2.70. The summed E-state index contributed by atoms with van der Waals surface area (Å²) in [5.74, 6) is 0.717. The lowest BCUT2D eigenvalue weighted by atomic mass is 10.1. The molecular weight excluding hydrogens is 276 g/mol. The molecule has 0 fully saturated rings. The summed E-state index contributed by atoms with van der Waals surface area (Å²) < 4.78 is 27.2. The molecule has 0 radical (unpaired) electrons. The highest BCUT2D eigenvalue weighted by molar-refractivity contribution is 7.80. The number of nitrogens with two attached hydrogens (primary N) is 1. The Bertz CT molecular complexity index is 570. The van der Waals surface area contributed by atoms with Crippen molar-refractivity contribution in [2.45, 2.75) is 6.42 Å². The first kappa shape index (κ1) is 14.4. The lowest BCUT2D eigenvalue weighted by Gasteiger charge is -2.07. The molecule has 0 saturated carbocycles. The molecule has 2 aromatic carbocycles. The molecule has 5 nitrogen and oxygen atoms in total. The van der Waals surface area contributed by atoms with Gasteiger partial charge in [0.2, 0.25) is 0 Å². The van der Waals surface area contributed by atoms with Crippen molar-refractivity contribution in [1.29, 1.82) is 0 Å². The molecule has 6 heteroatoms. The van der Waals surface area contributed by atoms with Gasteiger partial charge in [-0.15, -0.1) is 0 Å². The quantitative estimate of drug-likeness (QED) is 0.564. The van der Waals surface area contributed by atoms with Gasteiger partial charge in [-0.1, -0.05) is 12.1 Å². The number of ether oxygens (including phenoxy) is 1. The molecule has 2 rings (SSSR count). The summed E-state index contributed by atoms with van der Waals surface area (Å²) in [5, 5.41) is 0. The highest BCUT2D eigenvalue weighted by atomic mass is 32.2. The van der Waals surface area contributed by atoms with Gasteiger partial charge in [-0.25, -0.2) is 4.21 Å². The summed E-state index contributed by atoms with van der Waals surface area (Å²) in [6, 6.07) is 14.6. The average molecular weight is 292 g/mol. The Morgan fingerprint density at radius 2 is 1.75 bits per heavy atom. The molecular formula is C14H16N2O3S. The Morgan fingerprint density at radius 1 is 1.10 bits per heavy atom. The van der Waals surface area contributed by atoms with Crippen LogP contribution in [0, 0.1) is 0 Å². The van der Waals surface area contributed by atoms with Gasteiger partial charge in [-0.2, -0.15) is 0 Å². The maximum atomic E-state index is 10.6. The standard InChI is InChI=1S/C14H16N2O3S/c15-12-3-1-11(2-4-12)9-10-19-14-7-5-13(6-8-14)16-20(17)18/h1-8,16H,9-10,15H2,(H,17,18). The predicted molar refractivity (Wildman–Crippen MR) is 80.9 cm³/mol. The second-order valence-corrected chi connectivity index (χ2v) is 4.92. The second-order valence-electron chi connectivity index (χ2n) is 4.22. The van der Waals surface area contributed by atoms with Crippen LogP contribution < -0.4 is 15.2 Å². The molecule has 20 heavy (non-hydrogen) atoms. The maximum Gasteiger partial charge on any atom is 0.259 e. The van der Waals surface area contributed by atoms with Crippen molar-refractivity contribution in [3.05, 3.63) is 54.1 Å². The number of rotatable bonds is 6. The second kappa shape index (κ2) is 6.93. The molecule has 0 aliphatic heterocycles. The molecule has 0 aliphatic rings. The van der Waals surface area contributed by atoms with Crippen molar-refractivity contribution in [2.24, 2.45) is 0 Å². The minimum atomic E-state index is -2.06. The first-order valence-corrected chi connectivity index (χ1v) is 7.19. The van der Waals surface area contributed by atoms with Crippen LogP contribution in [0.15, 0.2) is 48.5 Å². The zero-order valence-electron chi connectivity index (χ0n) is 10.8. The van der Waals surface area contributed by atoms with Gasteiger partial charge in [0.25, 0.3) is 11.3 Å². The van der Waals surface area contributed by atoms with E-state index in [1.54, 1.807) is 24.3 Å². The molecule has 0 aliphatic carbocycles. The zero-order valence-corrected chi connectivity index (χ0v) is 11.6. The number of hydrogen-bond acceptors (Lipinski definition) is 3. The summed E-state index contributed by atoms with van der Waals surface area (Å²) in [7, 11) is 0. The maximum absolute atomic E-state index is 10.6. The summed E-state index contributed by atoms with van der Waals surface area (Å²) in [5.41, 5.74) is 8.09. The van der Waals surface area contributed by atoms with Crippen molar-refractivity contribution < 1.29 is 13.5 Å². The molecule has 0 saturated heterocycles. The van der Waals surface area contributed by atoms with Crippen molar-refractivity contribution in [1.82, 2.24) is 0 Å². The van der Waals surface area contributed by atoms with Crippen molar-refractivity contribution in [2.75, 3.05) is 17.1 Å². The van der Waals surface area contributed by atoms with E-state index in [0.717, 1.165) is 23.4 Å². The minimum absolute atomic E-state index is 0.558. The number of nitrogen functional groups attached to an aromatic ring is 1. The van der Waals surface area contributed by atoms with Crippen LogP contribution in [0.1, 0.15) is 5.56 Å². The SMILES string of the molecule is Nc1ccc(CCOc2ccc(NS(=O)O)cc2)cc1. The zero-order chi connectivity index (χ0) is 14.4. The molecule has 1 unspecified atom stereocenters. The minimum Gasteiger partial charge on any atom is -0.493 e. The van der Waals surface area contributed by atoms with Gasteiger partial charge in [-0.3, -0.25) is 9.27 Å². The highest BCUT2D eigenvalue weighted by Gasteiger charge is 1.98. The van der Waals surface area contributed by atoms with Crippen molar-refractivity contribution in [3.63, 3.8) is 0 Å². The van der Waals surface area contributed by atoms with Gasteiger partial charge in [0.15, 0.2) is 0 Å². The van der Waals surface area contributed by atoms with Gasteiger partial charge in [-0.05, 0) is 42.0 Å². The molecule has 0 amide bonds. The summed E-state index contributed by atoms with van der Waals surface area (Å²) in [6.45, 7) is 0.558. The topological polar surface area (TPSA) is 84.6 Å². The Morgan fingerprint density at radius 3 is 2.35 bits per heavy atom. The molecule has 0 spiro atoms. The van der Waals surface area contributed by atoms with Gasteiger partial charge in [0.1, 0.15) is 5.75 Å². The van der Waals surface area contributed by atoms with Gasteiger partial charge in [0.05, 0.1) is 6.61 Å². The van der Waals surface area contributed by atoms with Gasteiger partial charge >= 0.3 is 0 Å². The van der Waals surface area contributed by atoms with E-state index < -0.39 is 11.3 Å². The monoisotopic (exact) mass is 292 g/mol. The molecule has 0 heterocycles. The van der Waals surface area contributed by atoms with Crippen molar-refractivity contribution >= 4 is 22.6 Å². The van der Waals surface area contributed by atoms with E-state index in [1.165, 1.54) is 0 Å². The Balaban J connectivity index is 1.82. The van der Waals surface area contributed by atoms with Crippen LogP contribution in [0.3, 0.4) is 0 Å². The van der Waals surface area contributed by atoms with E-state index in [0.29, 0.717) is 12.3 Å². The Hall–Kier alpha value is -2.05. The third kappa shape index (κ3) is 4.56. The summed E-state index contributed by atoms with van der Waals surface area (Å²) >= 11 is -2.06. The number of anilines is 2. The molecule has 0 bridgehead atoms. The Kier molecular flexibility index (Phi) is 4.97. The fourth-order valence-corrected chi connectivity index (χ4v) is 2.03. The lowest BCUT2D eigenvalue weighted by molar-refractivity contribution is 0.322. The van der Waals surface area contributed by atoms with Crippen LogP contribution in [0.5, 0.6) is 5.75 Å². The van der Waals surface area contributed by atoms with E-state index in [-0.39, 0.29) is 0 Å². The number of hydrogen-bond donors (Lipinski definition) is 3. The lowest BCUT2D eigenvalue weighted by Crippen LogP contribution is -2.03. The fraction of sp³-hybridized carbons (Fsp3) is 0.143. The first-order chi connectivity index (χ1) is 9.63. The fourth-order valence-electron chi connectivity index (χ4n) is 1.69. The number of nitrogens with one attached hydrogen (secondary N) is 1. The average Bonchev–Trinajstić information content (AvgIpc) is 2.42.